The van der Waals surface area contributed by atoms with Gasteiger partial charge >= 0.3 is 0 Å². The van der Waals surface area contributed by atoms with Gasteiger partial charge in [-0.15, -0.1) is 0 Å². The Hall–Kier alpha value is -1.44. The van der Waals surface area contributed by atoms with Crippen LogP contribution in [0.4, 0.5) is 0 Å². The van der Waals surface area contributed by atoms with Gasteiger partial charge in [-0.3, -0.25) is 0 Å². The molecule has 10 nitrogen and oxygen atoms in total. The maximum Gasteiger partial charge on any atom is 0.0657 e. The highest BCUT2D eigenvalue weighted by Gasteiger charge is 2.67. The van der Waals surface area contributed by atoms with Crippen molar-refractivity contribution in [2.75, 3.05) is 47.8 Å². The number of allylic oxidation sites excluding steroid dienone is 4. The van der Waals surface area contributed by atoms with Gasteiger partial charge in [0.2, 0.25) is 0 Å². The van der Waals surface area contributed by atoms with E-state index in [9.17, 15) is 35.7 Å². The molecular weight excluding hydrogens is 1540 g/mol. The van der Waals surface area contributed by atoms with Crippen molar-refractivity contribution >= 4 is 0 Å². The summed E-state index contributed by atoms with van der Waals surface area (Å²) in [6.45, 7) is 47.5. The minimum Gasteiger partial charge on any atom is -0.395 e. The highest BCUT2D eigenvalue weighted by molar-refractivity contribution is 5.33. The average molecular weight is 1740 g/mol. The summed E-state index contributed by atoms with van der Waals surface area (Å²) in [5.74, 6) is 15.8. The van der Waals surface area contributed by atoms with Crippen molar-refractivity contribution in [2.24, 2.45) is 173 Å². The SMILES string of the molecule is CCC(C)(O)CC[C@@H](C)[C@H]1CC[C@H]2[C@@H]3CC=C4C[C@@](C)(O)CC[C@]4(COC)[C@H]3CC[C@]12C.CCC(O)(CC)CC[C@@H](C)[C@H]1CC[C@H]2[C@@H]3CC=C4C[C@@](C)(O)CC[C@]4(COC)[C@H]3CC[C@]12C.COC[C@]12CC[C@](C)(O)CC1=CC[C@@H]1[C@@H]2CC[C@]2(C)[C@@H]([C@H](C)CCC3(C)CC3)CC[C@@H]12.C[C@H](CCC(C)(C)C)[C@H]1CC[C@H]2[C@@H]3CC=C4C[C@@H](O)CC[C@]4(CO)[C@H]3CC[C@]12C. The Morgan fingerprint density at radius 1 is 0.368 bits per heavy atom. The molecule has 0 aromatic carbocycles. The number of ether oxygens (including phenoxy) is 3. The van der Waals surface area contributed by atoms with Crippen molar-refractivity contribution < 1.29 is 50.0 Å². The van der Waals surface area contributed by atoms with Crippen LogP contribution in [0.3, 0.4) is 0 Å². The van der Waals surface area contributed by atoms with Gasteiger partial charge in [0.1, 0.15) is 0 Å². The smallest absolute Gasteiger partial charge is 0.0657 e. The van der Waals surface area contributed by atoms with E-state index in [0.29, 0.717) is 68.7 Å². The first-order valence-corrected chi connectivity index (χ1v) is 53.9. The summed E-state index contributed by atoms with van der Waals surface area (Å²) < 4.78 is 17.7. The molecule has 13 fully saturated rings. The lowest BCUT2D eigenvalue weighted by atomic mass is 9.46. The third kappa shape index (κ3) is 19.1. The molecule has 17 rings (SSSR count). The molecule has 10 heteroatoms. The van der Waals surface area contributed by atoms with Crippen LogP contribution in [-0.4, -0.2) is 118 Å². The first-order valence-electron chi connectivity index (χ1n) is 53.9. The lowest BCUT2D eigenvalue weighted by Crippen LogP contribution is -2.54. The standard InChI is InChI=1S/C30H52O3.C29H50O3.C29H48O2.C27H46O2/c1-7-29(32,8-2)16-13-21(3)24-11-12-25-23-10-9-22-19-27(4,31)17-18-30(22,20-33-6)26(23)14-15-28(24,25)5;1-7-26(3,30)14-12-20(2)23-10-11-24-22-9-8-21-18-27(4,31)16-17-29(21,19-32-6)25(22)13-15-28(23,24)5;1-20(10-12-26(2)14-15-26)23-8-9-24-22-7-6-21-18-27(3,30)16-17-29(21,19-31-5)25(22)11-13-28(23,24)4;1-18(10-13-25(2,3)4)22-8-9-23-21-7-6-19-16-20(29)11-15-27(19,17-28)24(21)12-14-26(22,23)5/h9,21,23-26,31-32H,7-8,10-20H2,1-6H3;8,20,22-25,30-31H,7,9-19H2,1-6H3;6,20,22-25,30H,7-19H2,1-5H3;6,18,20-24,28-29H,7-17H2,1-5H3/t21-,23+,24-,25+,26+,27+,28-,30-;20-,22+,23-,24+,25+,26?,27+,28-,29-;20-,22+,23-,24+,25+,27+,28-,29-;18-,20+,21+,22-,23+,24+,26-,27-/m1111/s1. The zero-order valence-electron chi connectivity index (χ0n) is 84.9. The molecule has 1 unspecified atom stereocenters. The van der Waals surface area contributed by atoms with Crippen molar-refractivity contribution in [1.82, 2.24) is 0 Å². The Kier molecular flexibility index (Phi) is 29.9. The molecule has 0 bridgehead atoms. The summed E-state index contributed by atoms with van der Waals surface area (Å²) in [6.07, 6.45) is 63.2. The van der Waals surface area contributed by atoms with E-state index in [1.54, 1.807) is 0 Å². The summed E-state index contributed by atoms with van der Waals surface area (Å²) in [7, 11) is 5.63. The summed E-state index contributed by atoms with van der Waals surface area (Å²) in [5, 5.41) is 74.7. The van der Waals surface area contributed by atoms with Crippen LogP contribution in [0.5, 0.6) is 0 Å². The van der Waals surface area contributed by atoms with Crippen LogP contribution in [0.25, 0.3) is 0 Å². The van der Waals surface area contributed by atoms with Crippen LogP contribution in [-0.2, 0) is 14.2 Å². The number of fused-ring (bicyclic) bond motifs is 20. The first kappa shape index (κ1) is 99.5. The number of aliphatic hydroxyl groups excluding tert-OH is 2. The molecule has 0 amide bonds. The lowest BCUT2D eigenvalue weighted by molar-refractivity contribution is -0.0980. The second-order valence-electron chi connectivity index (χ2n) is 53.0. The van der Waals surface area contributed by atoms with Gasteiger partial charge in [0.15, 0.2) is 0 Å². The van der Waals surface area contributed by atoms with Gasteiger partial charge < -0.3 is 50.0 Å². The van der Waals surface area contributed by atoms with E-state index >= 15 is 0 Å². The van der Waals surface area contributed by atoms with Crippen molar-refractivity contribution in [1.29, 1.82) is 0 Å². The van der Waals surface area contributed by atoms with Crippen molar-refractivity contribution in [3.05, 3.63) is 46.6 Å². The highest BCUT2D eigenvalue weighted by Crippen LogP contribution is 2.74. The van der Waals surface area contributed by atoms with E-state index in [1.807, 2.05) is 49.0 Å². The van der Waals surface area contributed by atoms with Crippen molar-refractivity contribution in [2.45, 2.75) is 455 Å². The molecule has 0 heterocycles. The largest absolute Gasteiger partial charge is 0.395 e. The van der Waals surface area contributed by atoms with Gasteiger partial charge in [-0.05, 0) is 467 Å². The average Bonchev–Trinajstić information content (AvgIpc) is 1.67. The van der Waals surface area contributed by atoms with Crippen LogP contribution < -0.4 is 0 Å². The Morgan fingerprint density at radius 3 is 1.00 bits per heavy atom. The van der Waals surface area contributed by atoms with E-state index in [-0.39, 0.29) is 27.8 Å². The van der Waals surface area contributed by atoms with Crippen LogP contribution in [0.1, 0.15) is 420 Å². The number of hydrogen-bond acceptors (Lipinski definition) is 10. The summed E-state index contributed by atoms with van der Waals surface area (Å²) in [5.41, 5.74) is 6.91. The molecule has 33 atom stereocenters. The van der Waals surface area contributed by atoms with Crippen LogP contribution in [0.15, 0.2) is 46.6 Å². The minimum atomic E-state index is -0.550. The van der Waals surface area contributed by atoms with Crippen molar-refractivity contribution in [3.63, 3.8) is 0 Å². The predicted molar refractivity (Wildman–Crippen MR) is 516 cm³/mol. The second kappa shape index (κ2) is 37.6. The van der Waals surface area contributed by atoms with Gasteiger partial charge in [-0.1, -0.05) is 150 Å². The molecule has 716 valence electrons. The maximum absolute atomic E-state index is 10.9. The molecule has 17 aliphatic rings. The molecule has 0 aromatic rings. The summed E-state index contributed by atoms with van der Waals surface area (Å²) in [4.78, 5) is 0. The Morgan fingerprint density at radius 2 is 0.688 bits per heavy atom. The topological polar surface area (TPSA) is 169 Å². The molecule has 0 radical (unpaired) electrons. The quantitative estimate of drug-likeness (QED) is 0.0437. The monoisotopic (exact) mass is 1740 g/mol. The number of rotatable bonds is 25. The van der Waals surface area contributed by atoms with Crippen LogP contribution in [0.2, 0.25) is 0 Å². The number of methoxy groups -OCH3 is 3. The third-order valence-corrected chi connectivity index (χ3v) is 44.6. The zero-order chi connectivity index (χ0) is 90.5. The number of hydrogen-bond donors (Lipinski definition) is 7. The first-order chi connectivity index (χ1) is 58.7. The molecule has 0 spiro atoms. The molecule has 125 heavy (non-hydrogen) atoms. The van der Waals surface area contributed by atoms with Gasteiger partial charge in [0.25, 0.3) is 0 Å². The summed E-state index contributed by atoms with van der Waals surface area (Å²) in [6, 6.07) is 0. The van der Waals surface area contributed by atoms with Crippen LogP contribution >= 0.6 is 0 Å². The fourth-order valence-electron chi connectivity index (χ4n) is 36.4. The molecule has 0 aromatic heterocycles. The fraction of sp³-hybridized carbons (Fsp3) is 0.930. The van der Waals surface area contributed by atoms with Gasteiger partial charge in [0.05, 0.1) is 60.5 Å². The second-order valence-corrected chi connectivity index (χ2v) is 53.0. The lowest BCUT2D eigenvalue weighted by Gasteiger charge is -2.60. The van der Waals surface area contributed by atoms with Gasteiger partial charge in [0, 0.05) is 43.0 Å². The normalized spacial score (nSPS) is 46.2. The van der Waals surface area contributed by atoms with E-state index in [1.165, 1.54) is 189 Å². The Balaban J connectivity index is 0.000000136. The van der Waals surface area contributed by atoms with E-state index in [2.05, 4.69) is 128 Å². The number of aliphatic hydroxyl groups is 7. The van der Waals surface area contributed by atoms with Crippen molar-refractivity contribution in [3.8, 4) is 0 Å². The molecular formula is C115H196O10. The third-order valence-electron chi connectivity index (χ3n) is 44.6. The summed E-state index contributed by atoms with van der Waals surface area (Å²) >= 11 is 0. The minimum absolute atomic E-state index is 0.0145. The molecule has 0 aliphatic heterocycles. The molecule has 13 saturated carbocycles. The molecule has 17 aliphatic carbocycles. The van der Waals surface area contributed by atoms with Crippen LogP contribution in [0, 0.1) is 173 Å². The van der Waals surface area contributed by atoms with Gasteiger partial charge in [-0.2, -0.15) is 0 Å². The van der Waals surface area contributed by atoms with Gasteiger partial charge in [-0.25, -0.2) is 0 Å². The van der Waals surface area contributed by atoms with E-state index in [4.69, 9.17) is 14.2 Å². The predicted octanol–water partition coefficient (Wildman–Crippen LogP) is 27.0. The Bertz CT molecular complexity index is 3730. The Labute approximate surface area is 766 Å². The van der Waals surface area contributed by atoms with E-state index in [0.717, 1.165) is 231 Å². The maximum atomic E-state index is 10.9. The zero-order valence-corrected chi connectivity index (χ0v) is 84.9. The van der Waals surface area contributed by atoms with E-state index < -0.39 is 28.0 Å². The fourth-order valence-corrected chi connectivity index (χ4v) is 36.4. The highest BCUT2D eigenvalue weighted by atomic mass is 16.5. The molecule has 7 N–H and O–H groups in total. The molecule has 0 saturated heterocycles.